The maximum absolute atomic E-state index is 5.78. The molecule has 1 aromatic rings. The van der Waals surface area contributed by atoms with Crippen LogP contribution in [0, 0.1) is 0 Å². The SMILES string of the molecule is Cl.N[C@H]1CC[C@H](c2nnco2)CC1. The van der Waals surface area contributed by atoms with Crippen LogP contribution < -0.4 is 5.73 Å². The van der Waals surface area contributed by atoms with Gasteiger partial charge in [0.1, 0.15) is 0 Å². The number of rotatable bonds is 1. The summed E-state index contributed by atoms with van der Waals surface area (Å²) in [4.78, 5) is 0. The summed E-state index contributed by atoms with van der Waals surface area (Å²) in [7, 11) is 0. The molecule has 4 nitrogen and oxygen atoms in total. The number of hydrogen-bond acceptors (Lipinski definition) is 4. The van der Waals surface area contributed by atoms with E-state index in [9.17, 15) is 0 Å². The lowest BCUT2D eigenvalue weighted by molar-refractivity contribution is 0.339. The Labute approximate surface area is 83.3 Å². The average Bonchev–Trinajstić information content (AvgIpc) is 2.58. The van der Waals surface area contributed by atoms with E-state index in [0.717, 1.165) is 31.6 Å². The van der Waals surface area contributed by atoms with Gasteiger partial charge in [-0.1, -0.05) is 0 Å². The van der Waals surface area contributed by atoms with Gasteiger partial charge in [0.05, 0.1) is 0 Å². The van der Waals surface area contributed by atoms with Gasteiger partial charge in [-0.3, -0.25) is 0 Å². The van der Waals surface area contributed by atoms with Gasteiger partial charge in [0, 0.05) is 12.0 Å². The van der Waals surface area contributed by atoms with Crippen LogP contribution in [0.1, 0.15) is 37.5 Å². The molecule has 1 saturated carbocycles. The van der Waals surface area contributed by atoms with Gasteiger partial charge in [-0.05, 0) is 25.7 Å². The van der Waals surface area contributed by atoms with E-state index < -0.39 is 0 Å². The van der Waals surface area contributed by atoms with Crippen LogP contribution in [0.3, 0.4) is 0 Å². The summed E-state index contributed by atoms with van der Waals surface area (Å²) in [6.45, 7) is 0. The molecule has 0 aliphatic heterocycles. The Balaban J connectivity index is 0.000000845. The summed E-state index contributed by atoms with van der Waals surface area (Å²) in [5, 5.41) is 7.58. The van der Waals surface area contributed by atoms with Crippen molar-refractivity contribution in [1.82, 2.24) is 10.2 Å². The Morgan fingerprint density at radius 1 is 1.31 bits per heavy atom. The van der Waals surface area contributed by atoms with Gasteiger partial charge in [0.2, 0.25) is 12.3 Å². The third kappa shape index (κ3) is 2.42. The van der Waals surface area contributed by atoms with Crippen LogP contribution in [-0.4, -0.2) is 16.2 Å². The first-order valence-electron chi connectivity index (χ1n) is 4.38. The van der Waals surface area contributed by atoms with E-state index in [1.807, 2.05) is 0 Å². The molecule has 0 saturated heterocycles. The molecule has 2 rings (SSSR count). The molecule has 0 aromatic carbocycles. The quantitative estimate of drug-likeness (QED) is 0.751. The first kappa shape index (κ1) is 10.5. The number of aromatic nitrogens is 2. The van der Waals surface area contributed by atoms with E-state index in [-0.39, 0.29) is 12.4 Å². The molecule has 1 aliphatic rings. The summed E-state index contributed by atoms with van der Waals surface area (Å²) >= 11 is 0. The van der Waals surface area contributed by atoms with Gasteiger partial charge < -0.3 is 10.2 Å². The van der Waals surface area contributed by atoms with Crippen molar-refractivity contribution in [2.45, 2.75) is 37.6 Å². The lowest BCUT2D eigenvalue weighted by atomic mass is 9.86. The third-order valence-electron chi connectivity index (χ3n) is 2.50. The third-order valence-corrected chi connectivity index (χ3v) is 2.50. The first-order valence-corrected chi connectivity index (χ1v) is 4.38. The summed E-state index contributed by atoms with van der Waals surface area (Å²) in [6.07, 6.45) is 5.72. The summed E-state index contributed by atoms with van der Waals surface area (Å²) in [5.41, 5.74) is 5.78. The fourth-order valence-corrected chi connectivity index (χ4v) is 1.73. The van der Waals surface area contributed by atoms with Gasteiger partial charge in [-0.2, -0.15) is 0 Å². The van der Waals surface area contributed by atoms with Crippen molar-refractivity contribution >= 4 is 12.4 Å². The Morgan fingerprint density at radius 2 is 2.00 bits per heavy atom. The molecule has 1 heterocycles. The molecule has 0 radical (unpaired) electrons. The number of nitrogens with two attached hydrogens (primary N) is 1. The molecule has 1 fully saturated rings. The average molecular weight is 204 g/mol. The van der Waals surface area contributed by atoms with E-state index in [1.165, 1.54) is 6.39 Å². The van der Waals surface area contributed by atoms with Gasteiger partial charge in [0.15, 0.2) is 0 Å². The Bertz CT molecular complexity index is 232. The molecule has 0 atom stereocenters. The van der Waals surface area contributed by atoms with Crippen LogP contribution in [0.25, 0.3) is 0 Å². The molecule has 2 N–H and O–H groups in total. The summed E-state index contributed by atoms with van der Waals surface area (Å²) in [6, 6.07) is 0.379. The fraction of sp³-hybridized carbons (Fsp3) is 0.750. The predicted molar refractivity (Wildman–Crippen MR) is 50.7 cm³/mol. The van der Waals surface area contributed by atoms with Crippen molar-refractivity contribution in [3.05, 3.63) is 12.3 Å². The number of nitrogens with zero attached hydrogens (tertiary/aromatic N) is 2. The maximum Gasteiger partial charge on any atom is 0.219 e. The van der Waals surface area contributed by atoms with E-state index in [1.54, 1.807) is 0 Å². The van der Waals surface area contributed by atoms with E-state index in [4.69, 9.17) is 10.2 Å². The smallest absolute Gasteiger partial charge is 0.219 e. The van der Waals surface area contributed by atoms with Crippen molar-refractivity contribution in [2.24, 2.45) is 5.73 Å². The highest BCUT2D eigenvalue weighted by atomic mass is 35.5. The van der Waals surface area contributed by atoms with Gasteiger partial charge >= 0.3 is 0 Å². The number of halogens is 1. The fourth-order valence-electron chi connectivity index (χ4n) is 1.73. The summed E-state index contributed by atoms with van der Waals surface area (Å²) in [5.74, 6) is 1.23. The lowest BCUT2D eigenvalue weighted by Gasteiger charge is -2.22. The van der Waals surface area contributed by atoms with Crippen LogP contribution in [-0.2, 0) is 0 Å². The van der Waals surface area contributed by atoms with Crippen molar-refractivity contribution in [3.63, 3.8) is 0 Å². The zero-order chi connectivity index (χ0) is 8.39. The van der Waals surface area contributed by atoms with Crippen LogP contribution in [0.5, 0.6) is 0 Å². The highest BCUT2D eigenvalue weighted by Crippen LogP contribution is 2.30. The molecule has 5 heteroatoms. The lowest BCUT2D eigenvalue weighted by Crippen LogP contribution is -2.25. The van der Waals surface area contributed by atoms with Gasteiger partial charge in [0.25, 0.3) is 0 Å². The highest BCUT2D eigenvalue weighted by Gasteiger charge is 2.23. The molecule has 0 spiro atoms. The molecule has 13 heavy (non-hydrogen) atoms. The van der Waals surface area contributed by atoms with E-state index >= 15 is 0 Å². The normalized spacial score (nSPS) is 28.1. The number of hydrogen-bond donors (Lipinski definition) is 1. The van der Waals surface area contributed by atoms with E-state index in [0.29, 0.717) is 12.0 Å². The molecule has 0 amide bonds. The standard InChI is InChI=1S/C8H13N3O.ClH/c9-7-3-1-6(2-4-7)8-11-10-5-12-8;/h5-7H,1-4,9H2;1H/t6-,7-;. The van der Waals surface area contributed by atoms with Crippen molar-refractivity contribution in [3.8, 4) is 0 Å². The Morgan fingerprint density at radius 3 is 2.54 bits per heavy atom. The van der Waals surface area contributed by atoms with Crippen molar-refractivity contribution < 1.29 is 4.42 Å². The minimum absolute atomic E-state index is 0. The Kier molecular flexibility index (Phi) is 3.69. The van der Waals surface area contributed by atoms with Gasteiger partial charge in [-0.15, -0.1) is 22.6 Å². The molecule has 0 bridgehead atoms. The minimum atomic E-state index is 0. The zero-order valence-corrected chi connectivity index (χ0v) is 8.17. The molecule has 74 valence electrons. The molecule has 1 aromatic heterocycles. The summed E-state index contributed by atoms with van der Waals surface area (Å²) < 4.78 is 5.15. The second-order valence-electron chi connectivity index (χ2n) is 3.39. The Hall–Kier alpha value is -0.610. The van der Waals surface area contributed by atoms with Crippen molar-refractivity contribution in [1.29, 1.82) is 0 Å². The molecular formula is C8H14ClN3O. The van der Waals surface area contributed by atoms with Crippen molar-refractivity contribution in [2.75, 3.05) is 0 Å². The maximum atomic E-state index is 5.78. The highest BCUT2D eigenvalue weighted by molar-refractivity contribution is 5.85. The van der Waals surface area contributed by atoms with Crippen LogP contribution in [0.2, 0.25) is 0 Å². The molecule has 1 aliphatic carbocycles. The van der Waals surface area contributed by atoms with E-state index in [2.05, 4.69) is 10.2 Å². The predicted octanol–water partition coefficient (Wildman–Crippen LogP) is 1.48. The zero-order valence-electron chi connectivity index (χ0n) is 7.35. The molecular weight excluding hydrogens is 190 g/mol. The first-order chi connectivity index (χ1) is 5.86. The van der Waals surface area contributed by atoms with Gasteiger partial charge in [-0.25, -0.2) is 0 Å². The topological polar surface area (TPSA) is 64.9 Å². The second-order valence-corrected chi connectivity index (χ2v) is 3.39. The second kappa shape index (κ2) is 4.58. The van der Waals surface area contributed by atoms with Crippen LogP contribution in [0.4, 0.5) is 0 Å². The van der Waals surface area contributed by atoms with Crippen LogP contribution in [0.15, 0.2) is 10.8 Å². The largest absolute Gasteiger partial charge is 0.428 e. The van der Waals surface area contributed by atoms with Crippen LogP contribution >= 0.6 is 12.4 Å². The monoisotopic (exact) mass is 203 g/mol. The molecule has 0 unspecified atom stereocenters. The minimum Gasteiger partial charge on any atom is -0.428 e.